The van der Waals surface area contributed by atoms with Gasteiger partial charge in [-0.15, -0.1) is 0 Å². The molecule has 0 amide bonds. The Kier molecular flexibility index (Phi) is 6.03. The van der Waals surface area contributed by atoms with Gasteiger partial charge in [-0.3, -0.25) is 4.31 Å². The predicted molar refractivity (Wildman–Crippen MR) is 116 cm³/mol. The molecule has 0 aromatic heterocycles. The summed E-state index contributed by atoms with van der Waals surface area (Å²) in [6.45, 7) is 1.94. The zero-order valence-electron chi connectivity index (χ0n) is 15.9. The van der Waals surface area contributed by atoms with Gasteiger partial charge in [0.05, 0.1) is 22.2 Å². The van der Waals surface area contributed by atoms with Crippen LogP contribution >= 0.6 is 11.6 Å². The third-order valence-electron chi connectivity index (χ3n) is 4.36. The quantitative estimate of drug-likeness (QED) is 0.557. The van der Waals surface area contributed by atoms with Gasteiger partial charge in [0.15, 0.2) is 9.84 Å². The third-order valence-corrected chi connectivity index (χ3v) is 7.72. The number of hydrogen-bond donors (Lipinski definition) is 0. The minimum Gasteiger partial charge on any atom is -0.262 e. The molecular weight excluding hydrogens is 430 g/mol. The highest BCUT2D eigenvalue weighted by atomic mass is 35.5. The maximum absolute atomic E-state index is 13.6. The SMILES string of the molecule is Cc1cccc(N(Cc2ccccc2)S(=O)(=O)c2cc(S(C)(=O)=O)ccc2Cl)c1. The van der Waals surface area contributed by atoms with Crippen LogP contribution < -0.4 is 4.31 Å². The average molecular weight is 450 g/mol. The van der Waals surface area contributed by atoms with Crippen LogP contribution in [0, 0.1) is 6.92 Å². The van der Waals surface area contributed by atoms with Crippen molar-refractivity contribution in [1.29, 1.82) is 0 Å². The molecule has 3 aromatic carbocycles. The Labute approximate surface area is 176 Å². The lowest BCUT2D eigenvalue weighted by Gasteiger charge is -2.25. The summed E-state index contributed by atoms with van der Waals surface area (Å²) in [5.41, 5.74) is 2.15. The van der Waals surface area contributed by atoms with Crippen molar-refractivity contribution in [3.63, 3.8) is 0 Å². The Morgan fingerprint density at radius 3 is 2.17 bits per heavy atom. The van der Waals surface area contributed by atoms with Crippen LogP contribution in [-0.2, 0) is 26.4 Å². The number of nitrogens with zero attached hydrogens (tertiary/aromatic N) is 1. The van der Waals surface area contributed by atoms with E-state index in [9.17, 15) is 16.8 Å². The fourth-order valence-electron chi connectivity index (χ4n) is 2.88. The summed E-state index contributed by atoms with van der Waals surface area (Å²) < 4.78 is 52.3. The number of sulfonamides is 1. The van der Waals surface area contributed by atoms with Gasteiger partial charge in [-0.25, -0.2) is 16.8 Å². The van der Waals surface area contributed by atoms with E-state index in [1.807, 2.05) is 43.3 Å². The second-order valence-corrected chi connectivity index (χ2v) is 11.0. The van der Waals surface area contributed by atoms with E-state index >= 15 is 0 Å². The number of rotatable bonds is 6. The van der Waals surface area contributed by atoms with Crippen molar-refractivity contribution in [2.75, 3.05) is 10.6 Å². The van der Waals surface area contributed by atoms with E-state index in [1.54, 1.807) is 18.2 Å². The summed E-state index contributed by atoms with van der Waals surface area (Å²) in [6, 6.07) is 20.0. The van der Waals surface area contributed by atoms with E-state index in [-0.39, 0.29) is 21.4 Å². The number of hydrogen-bond acceptors (Lipinski definition) is 4. The summed E-state index contributed by atoms with van der Waals surface area (Å²) in [6.07, 6.45) is 1.02. The van der Waals surface area contributed by atoms with Crippen LogP contribution in [0.5, 0.6) is 0 Å². The third kappa shape index (κ3) is 4.80. The lowest BCUT2D eigenvalue weighted by atomic mass is 10.2. The molecule has 0 spiro atoms. The number of benzene rings is 3. The highest BCUT2D eigenvalue weighted by molar-refractivity contribution is 7.93. The molecule has 0 unspecified atom stereocenters. The van der Waals surface area contributed by atoms with Crippen LogP contribution in [0.2, 0.25) is 5.02 Å². The first-order chi connectivity index (χ1) is 13.6. The van der Waals surface area contributed by atoms with Gasteiger partial charge in [0, 0.05) is 6.26 Å². The molecule has 3 rings (SSSR count). The standard InChI is InChI=1S/C21H20ClNO4S2/c1-16-7-6-10-18(13-16)23(15-17-8-4-3-5-9-17)29(26,27)21-14-19(28(2,24)25)11-12-20(21)22/h3-14H,15H2,1-2H3. The van der Waals surface area contributed by atoms with E-state index in [4.69, 9.17) is 11.6 Å². The van der Waals surface area contributed by atoms with E-state index < -0.39 is 19.9 Å². The smallest absolute Gasteiger partial charge is 0.262 e. The minimum absolute atomic E-state index is 0.0388. The Morgan fingerprint density at radius 2 is 1.55 bits per heavy atom. The first kappa shape index (κ1) is 21.4. The molecule has 0 atom stereocenters. The Balaban J connectivity index is 2.19. The topological polar surface area (TPSA) is 71.5 Å². The Hall–Kier alpha value is -2.35. The minimum atomic E-state index is -4.15. The maximum Gasteiger partial charge on any atom is 0.266 e. The summed E-state index contributed by atoms with van der Waals surface area (Å²) in [5, 5.41) is -0.0388. The van der Waals surface area contributed by atoms with Gasteiger partial charge in [0.2, 0.25) is 0 Å². The van der Waals surface area contributed by atoms with E-state index in [0.717, 1.165) is 23.4 Å². The highest BCUT2D eigenvalue weighted by Crippen LogP contribution is 2.32. The second kappa shape index (κ2) is 8.18. The molecular formula is C21H20ClNO4S2. The zero-order chi connectivity index (χ0) is 21.2. The summed E-state index contributed by atoms with van der Waals surface area (Å²) >= 11 is 6.20. The molecule has 0 bridgehead atoms. The number of anilines is 1. The van der Waals surface area contributed by atoms with Crippen LogP contribution in [0.15, 0.2) is 82.6 Å². The monoisotopic (exact) mass is 449 g/mol. The van der Waals surface area contributed by atoms with Crippen molar-refractivity contribution in [2.24, 2.45) is 0 Å². The van der Waals surface area contributed by atoms with E-state index in [2.05, 4.69) is 0 Å². The van der Waals surface area contributed by atoms with Gasteiger partial charge in [-0.2, -0.15) is 0 Å². The molecule has 0 saturated carbocycles. The number of halogens is 1. The van der Waals surface area contributed by atoms with Crippen molar-refractivity contribution in [3.05, 3.63) is 88.9 Å². The van der Waals surface area contributed by atoms with Gasteiger partial charge >= 0.3 is 0 Å². The lowest BCUT2D eigenvalue weighted by Crippen LogP contribution is -2.31. The van der Waals surface area contributed by atoms with E-state index in [0.29, 0.717) is 5.69 Å². The molecule has 0 saturated heterocycles. The summed E-state index contributed by atoms with van der Waals surface area (Å²) in [4.78, 5) is -0.357. The molecule has 0 heterocycles. The predicted octanol–water partition coefficient (Wildman–Crippen LogP) is 4.45. The molecule has 0 aliphatic heterocycles. The average Bonchev–Trinajstić information content (AvgIpc) is 2.66. The molecule has 3 aromatic rings. The molecule has 0 N–H and O–H groups in total. The van der Waals surface area contributed by atoms with Crippen molar-refractivity contribution in [1.82, 2.24) is 0 Å². The number of sulfone groups is 1. The van der Waals surface area contributed by atoms with E-state index in [1.165, 1.54) is 16.4 Å². The van der Waals surface area contributed by atoms with Gasteiger partial charge in [-0.1, -0.05) is 54.1 Å². The largest absolute Gasteiger partial charge is 0.266 e. The zero-order valence-corrected chi connectivity index (χ0v) is 18.3. The van der Waals surface area contributed by atoms with Gasteiger partial charge in [0.1, 0.15) is 4.90 Å². The first-order valence-corrected chi connectivity index (χ1v) is 12.4. The number of aryl methyl sites for hydroxylation is 1. The summed E-state index contributed by atoms with van der Waals surface area (Å²) in [5.74, 6) is 0. The fourth-order valence-corrected chi connectivity index (χ4v) is 5.55. The molecule has 29 heavy (non-hydrogen) atoms. The second-order valence-electron chi connectivity index (χ2n) is 6.70. The van der Waals surface area contributed by atoms with Crippen molar-refractivity contribution >= 4 is 37.1 Å². The molecule has 0 radical (unpaired) electrons. The van der Waals surface area contributed by atoms with Crippen LogP contribution in [0.1, 0.15) is 11.1 Å². The Morgan fingerprint density at radius 1 is 0.862 bits per heavy atom. The van der Waals surface area contributed by atoms with Crippen LogP contribution in [0.4, 0.5) is 5.69 Å². The highest BCUT2D eigenvalue weighted by Gasteiger charge is 2.29. The molecule has 5 nitrogen and oxygen atoms in total. The lowest BCUT2D eigenvalue weighted by molar-refractivity contribution is 0.590. The van der Waals surface area contributed by atoms with Crippen LogP contribution in [0.25, 0.3) is 0 Å². The van der Waals surface area contributed by atoms with Crippen LogP contribution in [0.3, 0.4) is 0 Å². The molecule has 152 valence electrons. The molecule has 0 aliphatic rings. The van der Waals surface area contributed by atoms with Crippen molar-refractivity contribution < 1.29 is 16.8 Å². The van der Waals surface area contributed by atoms with Crippen molar-refractivity contribution in [2.45, 2.75) is 23.3 Å². The normalized spacial score (nSPS) is 12.0. The van der Waals surface area contributed by atoms with Crippen molar-refractivity contribution in [3.8, 4) is 0 Å². The summed E-state index contributed by atoms with van der Waals surface area (Å²) in [7, 11) is -7.75. The maximum atomic E-state index is 13.6. The molecule has 0 aliphatic carbocycles. The van der Waals surface area contributed by atoms with Gasteiger partial charge in [0.25, 0.3) is 10.0 Å². The van der Waals surface area contributed by atoms with Gasteiger partial charge in [-0.05, 0) is 48.4 Å². The van der Waals surface area contributed by atoms with Crippen LogP contribution in [-0.4, -0.2) is 23.1 Å². The first-order valence-electron chi connectivity index (χ1n) is 8.72. The Bertz CT molecular complexity index is 1240. The molecule has 0 fully saturated rings. The fraction of sp³-hybridized carbons (Fsp3) is 0.143. The molecule has 8 heteroatoms. The van der Waals surface area contributed by atoms with Gasteiger partial charge < -0.3 is 0 Å².